The van der Waals surface area contributed by atoms with Crippen LogP contribution in [-0.2, 0) is 26.0 Å². The molecule has 0 spiro atoms. The molecule has 1 heterocycles. The first-order valence-electron chi connectivity index (χ1n) is 5.58. The van der Waals surface area contributed by atoms with Crippen LogP contribution in [0, 0.1) is 0 Å². The molecule has 20 heavy (non-hydrogen) atoms. The summed E-state index contributed by atoms with van der Waals surface area (Å²) in [6, 6.07) is 1.32. The fraction of sp³-hybridized carbons (Fsp3) is 0.273. The summed E-state index contributed by atoms with van der Waals surface area (Å²) in [5, 5.41) is 11.2. The van der Waals surface area contributed by atoms with Crippen LogP contribution in [0.5, 0.6) is 0 Å². The molecule has 1 aromatic carbocycles. The second-order valence-electron chi connectivity index (χ2n) is 4.35. The van der Waals surface area contributed by atoms with Gasteiger partial charge in [0.05, 0.1) is 11.4 Å². The Kier molecular flexibility index (Phi) is 3.72. The molecule has 2 rings (SSSR count). The second kappa shape index (κ2) is 5.04. The van der Waals surface area contributed by atoms with Crippen molar-refractivity contribution < 1.29 is 23.1 Å². The zero-order valence-corrected chi connectivity index (χ0v) is 11.9. The molecule has 1 atom stereocenters. The van der Waals surface area contributed by atoms with Crippen molar-refractivity contribution >= 4 is 39.2 Å². The summed E-state index contributed by atoms with van der Waals surface area (Å²) in [5.74, 6) is -1.56. The van der Waals surface area contributed by atoms with E-state index in [0.717, 1.165) is 0 Å². The Balaban J connectivity index is 2.41. The first-order chi connectivity index (χ1) is 9.20. The smallest absolute Gasteiger partial charge is 0.321 e. The van der Waals surface area contributed by atoms with E-state index in [4.69, 9.17) is 16.7 Å². The maximum Gasteiger partial charge on any atom is 0.321 e. The largest absolute Gasteiger partial charge is 0.480 e. The van der Waals surface area contributed by atoms with Gasteiger partial charge in [0.2, 0.25) is 15.9 Å². The number of hydrogen-bond acceptors (Lipinski definition) is 4. The molecule has 0 radical (unpaired) electrons. The number of nitrogens with one attached hydrogen (secondary N) is 2. The van der Waals surface area contributed by atoms with Gasteiger partial charge in [0, 0.05) is 5.69 Å². The van der Waals surface area contributed by atoms with E-state index in [9.17, 15) is 18.0 Å². The van der Waals surface area contributed by atoms with E-state index >= 15 is 0 Å². The average Bonchev–Trinajstić information content (AvgIpc) is 2.66. The van der Waals surface area contributed by atoms with Crippen molar-refractivity contribution in [3.05, 3.63) is 22.7 Å². The van der Waals surface area contributed by atoms with Crippen molar-refractivity contribution in [3.8, 4) is 0 Å². The van der Waals surface area contributed by atoms with Crippen molar-refractivity contribution in [2.75, 3.05) is 5.32 Å². The first-order valence-corrected chi connectivity index (χ1v) is 7.44. The van der Waals surface area contributed by atoms with Crippen molar-refractivity contribution in [3.63, 3.8) is 0 Å². The van der Waals surface area contributed by atoms with Gasteiger partial charge in [-0.1, -0.05) is 11.6 Å². The highest BCUT2D eigenvalue weighted by atomic mass is 35.5. The predicted octanol–water partition coefficient (Wildman–Crippen LogP) is 0.586. The number of aliphatic carboxylic acids is 1. The summed E-state index contributed by atoms with van der Waals surface area (Å²) < 4.78 is 26.2. The van der Waals surface area contributed by atoms with Gasteiger partial charge in [-0.2, -0.15) is 4.72 Å². The second-order valence-corrected chi connectivity index (χ2v) is 6.44. The third kappa shape index (κ3) is 2.77. The van der Waals surface area contributed by atoms with Crippen LogP contribution in [-0.4, -0.2) is 31.4 Å². The van der Waals surface area contributed by atoms with E-state index in [1.807, 2.05) is 4.72 Å². The van der Waals surface area contributed by atoms with Crippen LogP contribution in [0.2, 0.25) is 5.02 Å². The molecule has 0 fully saturated rings. The summed E-state index contributed by atoms with van der Waals surface area (Å²) in [4.78, 5) is 21.7. The summed E-state index contributed by atoms with van der Waals surface area (Å²) >= 11 is 5.89. The van der Waals surface area contributed by atoms with Gasteiger partial charge in [-0.25, -0.2) is 8.42 Å². The van der Waals surface area contributed by atoms with Crippen LogP contribution in [0.3, 0.4) is 0 Å². The quantitative estimate of drug-likeness (QED) is 0.752. The Morgan fingerprint density at radius 2 is 2.15 bits per heavy atom. The molecule has 1 aliphatic heterocycles. The number of fused-ring (bicyclic) bond motifs is 1. The van der Waals surface area contributed by atoms with Crippen molar-refractivity contribution in [1.82, 2.24) is 4.72 Å². The summed E-state index contributed by atoms with van der Waals surface area (Å²) in [7, 11) is -4.08. The van der Waals surface area contributed by atoms with Gasteiger partial charge in [-0.15, -0.1) is 0 Å². The molecular weight excluding hydrogens is 308 g/mol. The number of rotatable bonds is 4. The zero-order valence-electron chi connectivity index (χ0n) is 10.3. The maximum absolute atomic E-state index is 12.1. The lowest BCUT2D eigenvalue weighted by Gasteiger charge is -2.12. The van der Waals surface area contributed by atoms with E-state index in [1.54, 1.807) is 0 Å². The van der Waals surface area contributed by atoms with Gasteiger partial charge < -0.3 is 10.4 Å². The van der Waals surface area contributed by atoms with Gasteiger partial charge in [-0.3, -0.25) is 9.59 Å². The number of carbonyl (C=O) groups is 2. The van der Waals surface area contributed by atoms with Gasteiger partial charge in [0.25, 0.3) is 0 Å². The predicted molar refractivity (Wildman–Crippen MR) is 71.2 cm³/mol. The van der Waals surface area contributed by atoms with Crippen molar-refractivity contribution in [2.24, 2.45) is 0 Å². The third-order valence-corrected chi connectivity index (χ3v) is 4.78. The number of anilines is 1. The van der Waals surface area contributed by atoms with Gasteiger partial charge in [0.1, 0.15) is 10.9 Å². The molecule has 0 unspecified atom stereocenters. The Bertz CT molecular complexity index is 701. The number of halogens is 1. The lowest BCUT2D eigenvalue weighted by Crippen LogP contribution is -2.38. The van der Waals surface area contributed by atoms with E-state index in [0.29, 0.717) is 11.3 Å². The summed E-state index contributed by atoms with van der Waals surface area (Å²) in [6.45, 7) is 1.20. The number of carboxylic acid groups (broad SMARTS) is 1. The molecule has 0 bridgehead atoms. The van der Waals surface area contributed by atoms with E-state index in [2.05, 4.69) is 5.32 Å². The van der Waals surface area contributed by atoms with E-state index < -0.39 is 22.0 Å². The molecule has 0 aliphatic carbocycles. The SMILES string of the molecule is C[C@H](NS(=O)(=O)c1cc2c(cc1Cl)NC(=O)C2)C(=O)O. The molecule has 9 heteroatoms. The van der Waals surface area contributed by atoms with Crippen molar-refractivity contribution in [2.45, 2.75) is 24.3 Å². The van der Waals surface area contributed by atoms with Gasteiger partial charge in [0.15, 0.2) is 0 Å². The van der Waals surface area contributed by atoms with Crippen LogP contribution in [0.15, 0.2) is 17.0 Å². The van der Waals surface area contributed by atoms with Crippen LogP contribution in [0.25, 0.3) is 0 Å². The summed E-state index contributed by atoms with van der Waals surface area (Å²) in [5.41, 5.74) is 0.966. The zero-order chi connectivity index (χ0) is 15.1. The molecule has 0 saturated carbocycles. The molecule has 1 amide bonds. The third-order valence-electron chi connectivity index (χ3n) is 2.77. The molecule has 0 saturated heterocycles. The van der Waals surface area contributed by atoms with Crippen LogP contribution < -0.4 is 10.0 Å². The van der Waals surface area contributed by atoms with Crippen LogP contribution in [0.4, 0.5) is 5.69 Å². The Hall–Kier alpha value is -1.64. The molecule has 7 nitrogen and oxygen atoms in total. The fourth-order valence-corrected chi connectivity index (χ4v) is 3.55. The lowest BCUT2D eigenvalue weighted by atomic mass is 10.2. The monoisotopic (exact) mass is 318 g/mol. The molecule has 3 N–H and O–H groups in total. The van der Waals surface area contributed by atoms with Crippen LogP contribution >= 0.6 is 11.6 Å². The number of carbonyl (C=O) groups excluding carboxylic acids is 1. The normalized spacial score (nSPS) is 15.6. The maximum atomic E-state index is 12.1. The van der Waals surface area contributed by atoms with Crippen LogP contribution in [0.1, 0.15) is 12.5 Å². The summed E-state index contributed by atoms with van der Waals surface area (Å²) in [6.07, 6.45) is 0.0590. The fourth-order valence-electron chi connectivity index (χ4n) is 1.78. The standard InChI is InChI=1S/C11H11ClN2O5S/c1-5(11(16)17)14-20(18,19)9-2-6-3-10(15)13-8(6)4-7(9)12/h2,4-5,14H,3H2,1H3,(H,13,15)(H,16,17)/t5-/m0/s1. The highest BCUT2D eigenvalue weighted by molar-refractivity contribution is 7.89. The van der Waals surface area contributed by atoms with E-state index in [-0.39, 0.29) is 22.2 Å². The van der Waals surface area contributed by atoms with Gasteiger partial charge in [-0.05, 0) is 24.6 Å². The minimum atomic E-state index is -4.08. The topological polar surface area (TPSA) is 113 Å². The highest BCUT2D eigenvalue weighted by Crippen LogP contribution is 2.32. The number of benzene rings is 1. The number of hydrogen-bond donors (Lipinski definition) is 3. The molecular formula is C11H11ClN2O5S. The number of amides is 1. The highest BCUT2D eigenvalue weighted by Gasteiger charge is 2.27. The molecule has 0 aromatic heterocycles. The van der Waals surface area contributed by atoms with Crippen molar-refractivity contribution in [1.29, 1.82) is 0 Å². The van der Waals surface area contributed by atoms with E-state index in [1.165, 1.54) is 19.1 Å². The molecule has 108 valence electrons. The van der Waals surface area contributed by atoms with Gasteiger partial charge >= 0.3 is 5.97 Å². The first kappa shape index (κ1) is 14.8. The number of sulfonamides is 1. The number of carboxylic acids is 1. The average molecular weight is 319 g/mol. The Morgan fingerprint density at radius 3 is 2.75 bits per heavy atom. The Morgan fingerprint density at radius 1 is 1.50 bits per heavy atom. The minimum Gasteiger partial charge on any atom is -0.480 e. The minimum absolute atomic E-state index is 0.0590. The lowest BCUT2D eigenvalue weighted by molar-refractivity contribution is -0.138. The molecule has 1 aromatic rings. The Labute approximate surface area is 120 Å². The molecule has 1 aliphatic rings.